The number of rotatable bonds is 4. The first kappa shape index (κ1) is 15.6. The Labute approximate surface area is 140 Å². The molecule has 3 rings (SSSR count). The summed E-state index contributed by atoms with van der Waals surface area (Å²) < 4.78 is 6.82. The highest BCUT2D eigenvalue weighted by molar-refractivity contribution is 7.17. The lowest BCUT2D eigenvalue weighted by Crippen LogP contribution is -2.12. The lowest BCUT2D eigenvalue weighted by molar-refractivity contribution is 0.0531. The van der Waals surface area contributed by atoms with Gasteiger partial charge in [0.05, 0.1) is 12.3 Å². The van der Waals surface area contributed by atoms with Gasteiger partial charge in [-0.05, 0) is 20.8 Å². The predicted octanol–water partition coefficient (Wildman–Crippen LogP) is 2.90. The molecule has 0 aliphatic rings. The molecule has 3 heterocycles. The maximum atomic E-state index is 12.3. The van der Waals surface area contributed by atoms with Crippen molar-refractivity contribution in [3.8, 4) is 0 Å². The normalized spacial score (nSPS) is 10.9. The van der Waals surface area contributed by atoms with Crippen molar-refractivity contribution in [3.05, 3.63) is 33.5 Å². The number of nitrogens with one attached hydrogen (secondary N) is 1. The number of thiazole rings is 2. The van der Waals surface area contributed by atoms with Crippen molar-refractivity contribution >= 4 is 44.6 Å². The summed E-state index contributed by atoms with van der Waals surface area (Å²) >= 11 is 2.57. The second-order valence-electron chi connectivity index (χ2n) is 4.76. The van der Waals surface area contributed by atoms with E-state index in [-0.39, 0.29) is 5.91 Å². The number of esters is 1. The highest BCUT2D eigenvalue weighted by Crippen LogP contribution is 2.24. The highest BCUT2D eigenvalue weighted by Gasteiger charge is 2.19. The average molecular weight is 350 g/mol. The molecule has 3 aromatic heterocycles. The molecule has 0 radical (unpaired) electrons. The van der Waals surface area contributed by atoms with Crippen molar-refractivity contribution < 1.29 is 14.3 Å². The second-order valence-corrected chi connectivity index (χ2v) is 6.60. The van der Waals surface area contributed by atoms with Crippen molar-refractivity contribution in [2.75, 3.05) is 11.9 Å². The van der Waals surface area contributed by atoms with Crippen LogP contribution in [0, 0.1) is 13.8 Å². The number of aromatic nitrogens is 3. The first-order chi connectivity index (χ1) is 11.0. The summed E-state index contributed by atoms with van der Waals surface area (Å²) in [4.78, 5) is 33.7. The van der Waals surface area contributed by atoms with E-state index in [0.717, 1.165) is 22.0 Å². The van der Waals surface area contributed by atoms with Gasteiger partial charge >= 0.3 is 5.97 Å². The molecule has 3 aromatic rings. The molecule has 120 valence electrons. The zero-order valence-corrected chi connectivity index (χ0v) is 14.4. The van der Waals surface area contributed by atoms with Gasteiger partial charge in [-0.3, -0.25) is 14.5 Å². The summed E-state index contributed by atoms with van der Waals surface area (Å²) in [6.45, 7) is 5.68. The number of fused-ring (bicyclic) bond motifs is 1. The van der Waals surface area contributed by atoms with Gasteiger partial charge in [-0.15, -0.1) is 11.3 Å². The minimum Gasteiger partial charge on any atom is -0.462 e. The second kappa shape index (κ2) is 6.09. The summed E-state index contributed by atoms with van der Waals surface area (Å²) in [5.41, 5.74) is 1.86. The Hall–Kier alpha value is -2.26. The van der Waals surface area contributed by atoms with Crippen LogP contribution in [0.15, 0.2) is 11.6 Å². The van der Waals surface area contributed by atoms with Gasteiger partial charge in [0.2, 0.25) is 0 Å². The van der Waals surface area contributed by atoms with Crippen LogP contribution >= 0.6 is 22.7 Å². The van der Waals surface area contributed by atoms with Crippen LogP contribution in [-0.4, -0.2) is 32.9 Å². The molecule has 1 amide bonds. The van der Waals surface area contributed by atoms with E-state index in [1.165, 1.54) is 11.3 Å². The zero-order chi connectivity index (χ0) is 16.6. The number of carbonyl (C=O) groups excluding carboxylic acids is 2. The molecule has 0 aliphatic heterocycles. The molecular weight excluding hydrogens is 336 g/mol. The van der Waals surface area contributed by atoms with Crippen molar-refractivity contribution in [3.63, 3.8) is 0 Å². The van der Waals surface area contributed by atoms with Gasteiger partial charge in [-0.1, -0.05) is 11.3 Å². The molecule has 0 fully saturated rings. The average Bonchev–Trinajstić information content (AvgIpc) is 3.16. The largest absolute Gasteiger partial charge is 0.462 e. The van der Waals surface area contributed by atoms with E-state index >= 15 is 0 Å². The summed E-state index contributed by atoms with van der Waals surface area (Å²) in [6.07, 6.45) is 1.68. The Morgan fingerprint density at radius 3 is 2.83 bits per heavy atom. The van der Waals surface area contributed by atoms with Gasteiger partial charge in [-0.2, -0.15) is 0 Å². The summed E-state index contributed by atoms with van der Waals surface area (Å²) in [5.74, 6) is -0.786. The van der Waals surface area contributed by atoms with E-state index < -0.39 is 5.97 Å². The van der Waals surface area contributed by atoms with Gasteiger partial charge in [0.1, 0.15) is 10.6 Å². The molecule has 0 saturated heterocycles. The van der Waals surface area contributed by atoms with Crippen LogP contribution in [-0.2, 0) is 4.74 Å². The summed E-state index contributed by atoms with van der Waals surface area (Å²) in [6, 6.07) is 0. The minimum atomic E-state index is -0.430. The number of amides is 1. The highest BCUT2D eigenvalue weighted by atomic mass is 32.1. The van der Waals surface area contributed by atoms with Gasteiger partial charge < -0.3 is 4.74 Å². The molecule has 0 saturated carbocycles. The van der Waals surface area contributed by atoms with E-state index in [2.05, 4.69) is 15.3 Å². The quantitative estimate of drug-likeness (QED) is 0.731. The minimum absolute atomic E-state index is 0.294. The Balaban J connectivity index is 1.79. The van der Waals surface area contributed by atoms with Gasteiger partial charge in [-0.25, -0.2) is 14.8 Å². The fourth-order valence-electron chi connectivity index (χ4n) is 2.00. The van der Waals surface area contributed by atoms with E-state index in [9.17, 15) is 9.59 Å². The first-order valence-electron chi connectivity index (χ1n) is 6.88. The molecule has 23 heavy (non-hydrogen) atoms. The molecule has 9 heteroatoms. The summed E-state index contributed by atoms with van der Waals surface area (Å²) in [7, 11) is 0. The predicted molar refractivity (Wildman–Crippen MR) is 88.6 cm³/mol. The fraction of sp³-hybridized carbons (Fsp3) is 0.286. The van der Waals surface area contributed by atoms with Gasteiger partial charge in [0.15, 0.2) is 10.1 Å². The van der Waals surface area contributed by atoms with Crippen molar-refractivity contribution in [2.45, 2.75) is 20.8 Å². The third kappa shape index (κ3) is 2.97. The van der Waals surface area contributed by atoms with Crippen LogP contribution in [0.25, 0.3) is 4.96 Å². The van der Waals surface area contributed by atoms with Crippen molar-refractivity contribution in [1.82, 2.24) is 14.4 Å². The topological polar surface area (TPSA) is 85.6 Å². The van der Waals surface area contributed by atoms with E-state index in [4.69, 9.17) is 4.74 Å². The number of nitrogens with zero attached hydrogens (tertiary/aromatic N) is 3. The van der Waals surface area contributed by atoms with Crippen molar-refractivity contribution in [1.29, 1.82) is 0 Å². The molecule has 0 aliphatic carbocycles. The van der Waals surface area contributed by atoms with Gasteiger partial charge in [0, 0.05) is 17.3 Å². The number of carbonyl (C=O) groups is 2. The number of hydrogen-bond donors (Lipinski definition) is 1. The van der Waals surface area contributed by atoms with Gasteiger partial charge in [0.25, 0.3) is 5.91 Å². The molecular formula is C14H14N4O3S2. The van der Waals surface area contributed by atoms with Crippen LogP contribution in [0.1, 0.15) is 38.5 Å². The Morgan fingerprint density at radius 2 is 2.13 bits per heavy atom. The van der Waals surface area contributed by atoms with E-state index in [1.54, 1.807) is 20.0 Å². The maximum Gasteiger partial charge on any atom is 0.350 e. The first-order valence-corrected chi connectivity index (χ1v) is 8.58. The standard InChI is InChI=1S/C14H14N4O3S2/c1-4-21-12(20)10-8(3)15-13(23-10)17-11(19)9-5-18-7(2)6-22-14(18)16-9/h5-6H,4H2,1-3H3,(H,15,17,19). The zero-order valence-electron chi connectivity index (χ0n) is 12.7. The maximum absolute atomic E-state index is 12.3. The van der Waals surface area contributed by atoms with Crippen LogP contribution in [0.2, 0.25) is 0 Å². The molecule has 0 aromatic carbocycles. The number of imidazole rings is 1. The van der Waals surface area contributed by atoms with Crippen LogP contribution in [0.4, 0.5) is 5.13 Å². The Kier molecular flexibility index (Phi) is 4.14. The molecule has 0 unspecified atom stereocenters. The monoisotopic (exact) mass is 350 g/mol. The lowest BCUT2D eigenvalue weighted by Gasteiger charge is -1.98. The van der Waals surface area contributed by atoms with Crippen molar-refractivity contribution in [2.24, 2.45) is 0 Å². The molecule has 7 nitrogen and oxygen atoms in total. The van der Waals surface area contributed by atoms with Crippen LogP contribution in [0.5, 0.6) is 0 Å². The van der Waals surface area contributed by atoms with E-state index in [0.29, 0.717) is 28.0 Å². The number of hydrogen-bond acceptors (Lipinski definition) is 7. The lowest BCUT2D eigenvalue weighted by atomic mass is 10.4. The Bertz CT molecular complexity index is 893. The smallest absolute Gasteiger partial charge is 0.350 e. The summed E-state index contributed by atoms with van der Waals surface area (Å²) in [5, 5.41) is 5.00. The third-order valence-corrected chi connectivity index (χ3v) is 5.11. The Morgan fingerprint density at radius 1 is 1.35 bits per heavy atom. The SMILES string of the molecule is CCOC(=O)c1sc(NC(=O)c2cn3c(C)csc3n2)nc1C. The number of anilines is 1. The number of aryl methyl sites for hydroxylation is 2. The molecule has 0 bridgehead atoms. The van der Waals surface area contributed by atoms with Crippen LogP contribution < -0.4 is 5.32 Å². The fourth-order valence-corrected chi connectivity index (χ4v) is 3.71. The van der Waals surface area contributed by atoms with Crippen LogP contribution in [0.3, 0.4) is 0 Å². The molecule has 1 N–H and O–H groups in total. The number of ether oxygens (including phenoxy) is 1. The molecule has 0 atom stereocenters. The van der Waals surface area contributed by atoms with E-state index in [1.807, 2.05) is 16.7 Å². The molecule has 0 spiro atoms. The third-order valence-electron chi connectivity index (χ3n) is 3.10.